The Labute approximate surface area is 135 Å². The van der Waals surface area contributed by atoms with E-state index in [1.807, 2.05) is 18.7 Å². The highest BCUT2D eigenvalue weighted by Gasteiger charge is 2.52. The minimum atomic E-state index is -0.844. The summed E-state index contributed by atoms with van der Waals surface area (Å²) in [6.07, 6.45) is 2.50. The summed E-state index contributed by atoms with van der Waals surface area (Å²) in [4.78, 5) is 22.3. The van der Waals surface area contributed by atoms with E-state index >= 15 is 0 Å². The van der Waals surface area contributed by atoms with Gasteiger partial charge in [-0.15, -0.1) is 0 Å². The molecule has 0 saturated heterocycles. The lowest BCUT2D eigenvalue weighted by Crippen LogP contribution is -2.80. The molecule has 8 nitrogen and oxygen atoms in total. The van der Waals surface area contributed by atoms with Gasteiger partial charge in [0, 0.05) is 13.1 Å². The van der Waals surface area contributed by atoms with E-state index in [2.05, 4.69) is 26.0 Å². The van der Waals surface area contributed by atoms with E-state index in [4.69, 9.17) is 11.6 Å². The number of rotatable bonds is 5. The monoisotopic (exact) mass is 327 g/mol. The van der Waals surface area contributed by atoms with Crippen molar-refractivity contribution in [2.45, 2.75) is 31.7 Å². The molecule has 0 saturated carbocycles. The minimum Gasteiger partial charge on any atom is -0.319 e. The second kappa shape index (κ2) is 6.33. The van der Waals surface area contributed by atoms with Gasteiger partial charge in [-0.05, 0) is 39.5 Å². The van der Waals surface area contributed by atoms with Gasteiger partial charge in [0.15, 0.2) is 17.6 Å². The summed E-state index contributed by atoms with van der Waals surface area (Å²) in [6.45, 7) is 4.06. The summed E-state index contributed by atoms with van der Waals surface area (Å²) in [6, 6.07) is -0.488. The lowest BCUT2D eigenvalue weighted by Gasteiger charge is -2.55. The number of hydrogen-bond donors (Lipinski definition) is 3. The smallest absolute Gasteiger partial charge is 0.224 e. The molecule has 0 amide bonds. The zero-order chi connectivity index (χ0) is 16.5. The van der Waals surface area contributed by atoms with Crippen molar-refractivity contribution in [1.82, 2.24) is 26.0 Å². The first-order valence-corrected chi connectivity index (χ1v) is 7.46. The van der Waals surface area contributed by atoms with E-state index in [0.29, 0.717) is 11.5 Å². The zero-order valence-electron chi connectivity index (χ0n) is 13.4. The number of hydrazine groups is 1. The van der Waals surface area contributed by atoms with Gasteiger partial charge in [-0.1, -0.05) is 0 Å². The maximum absolute atomic E-state index is 11.9. The van der Waals surface area contributed by atoms with Crippen molar-refractivity contribution in [2.24, 2.45) is 0 Å². The molecule has 0 fully saturated rings. The Kier molecular flexibility index (Phi) is 4.86. The van der Waals surface area contributed by atoms with Crippen LogP contribution in [0.2, 0.25) is 5.28 Å². The molecule has 1 atom stereocenters. The van der Waals surface area contributed by atoms with Crippen molar-refractivity contribution in [3.8, 4) is 0 Å². The number of fused-ring (bicyclic) bond motifs is 1. The van der Waals surface area contributed by atoms with E-state index in [1.165, 1.54) is 0 Å². The van der Waals surface area contributed by atoms with E-state index in [0.717, 1.165) is 6.29 Å². The highest BCUT2D eigenvalue weighted by atomic mass is 35.5. The molecule has 22 heavy (non-hydrogen) atoms. The number of nitrogens with zero attached hydrogens (tertiary/aromatic N) is 4. The summed E-state index contributed by atoms with van der Waals surface area (Å²) in [5.74, 6) is -0.199. The van der Waals surface area contributed by atoms with Gasteiger partial charge >= 0.3 is 0 Å². The molecule has 3 N–H and O–H groups in total. The second-order valence-corrected chi connectivity index (χ2v) is 5.59. The number of anilines is 2. The first-order chi connectivity index (χ1) is 10.5. The fourth-order valence-corrected chi connectivity index (χ4v) is 3.20. The van der Waals surface area contributed by atoms with E-state index < -0.39 is 11.8 Å². The Hall–Kier alpha value is -1.48. The largest absolute Gasteiger partial charge is 0.319 e. The van der Waals surface area contributed by atoms with Gasteiger partial charge in [-0.25, -0.2) is 10.4 Å². The van der Waals surface area contributed by atoms with Crippen LogP contribution in [0.3, 0.4) is 0 Å². The Morgan fingerprint density at radius 2 is 2.00 bits per heavy atom. The molecule has 0 aliphatic carbocycles. The Bertz CT molecular complexity index is 549. The third-order valence-electron chi connectivity index (χ3n) is 3.94. The van der Waals surface area contributed by atoms with Gasteiger partial charge in [0.25, 0.3) is 0 Å². The normalized spacial score (nSPS) is 20.2. The maximum Gasteiger partial charge on any atom is 0.224 e. The average Bonchev–Trinajstić information content (AvgIpc) is 2.51. The van der Waals surface area contributed by atoms with Crippen LogP contribution in [0.25, 0.3) is 0 Å². The molecule has 1 aromatic rings. The molecule has 2 heterocycles. The number of carbonyl (C=O) groups excluding carboxylic acids is 1. The number of halogens is 1. The molecule has 0 spiro atoms. The van der Waals surface area contributed by atoms with Crippen molar-refractivity contribution < 1.29 is 4.79 Å². The van der Waals surface area contributed by atoms with Crippen LogP contribution in [-0.4, -0.2) is 55.3 Å². The molecule has 1 unspecified atom stereocenters. The number of nitrogens with one attached hydrogen (secondary N) is 3. The molecule has 0 radical (unpaired) electrons. The quantitative estimate of drug-likeness (QED) is 0.395. The van der Waals surface area contributed by atoms with Crippen molar-refractivity contribution in [2.75, 3.05) is 31.1 Å². The first-order valence-electron chi connectivity index (χ1n) is 7.08. The van der Waals surface area contributed by atoms with Crippen LogP contribution in [-0.2, 0) is 4.79 Å². The van der Waals surface area contributed by atoms with Crippen LogP contribution in [0.4, 0.5) is 11.5 Å². The van der Waals surface area contributed by atoms with E-state index in [9.17, 15) is 4.79 Å². The summed E-state index contributed by atoms with van der Waals surface area (Å²) in [5.41, 5.74) is 3.73. The van der Waals surface area contributed by atoms with Crippen molar-refractivity contribution in [3.05, 3.63) is 11.5 Å². The highest BCUT2D eigenvalue weighted by Crippen LogP contribution is 2.39. The first kappa shape index (κ1) is 16.9. The van der Waals surface area contributed by atoms with Gasteiger partial charge in [0.2, 0.25) is 5.28 Å². The molecule has 1 aliphatic rings. The van der Waals surface area contributed by atoms with Crippen LogP contribution in [0.5, 0.6) is 0 Å². The highest BCUT2D eigenvalue weighted by molar-refractivity contribution is 6.28. The van der Waals surface area contributed by atoms with Crippen molar-refractivity contribution in [1.29, 1.82) is 0 Å². The van der Waals surface area contributed by atoms with Gasteiger partial charge in [-0.2, -0.15) is 4.98 Å². The van der Waals surface area contributed by atoms with Crippen LogP contribution in [0, 0.1) is 0 Å². The van der Waals surface area contributed by atoms with Gasteiger partial charge in [0.1, 0.15) is 12.0 Å². The number of hydrogen-bond acceptors (Lipinski definition) is 8. The topological polar surface area (TPSA) is 85.4 Å². The Morgan fingerprint density at radius 1 is 1.36 bits per heavy atom. The lowest BCUT2D eigenvalue weighted by molar-refractivity contribution is -0.111. The molecule has 122 valence electrons. The van der Waals surface area contributed by atoms with Gasteiger partial charge in [0.05, 0.1) is 6.20 Å². The molecule has 2 rings (SSSR count). The molecule has 1 aromatic heterocycles. The third-order valence-corrected chi connectivity index (χ3v) is 4.13. The van der Waals surface area contributed by atoms with Crippen LogP contribution >= 0.6 is 11.6 Å². The Balaban J connectivity index is 2.77. The van der Waals surface area contributed by atoms with Gasteiger partial charge in [-0.3, -0.25) is 15.6 Å². The number of aldehydes is 1. The third kappa shape index (κ3) is 2.32. The summed E-state index contributed by atoms with van der Waals surface area (Å²) >= 11 is 5.99. The number of likely N-dealkylation sites (N-methyl/N-ethyl adjacent to an activating group) is 2. The molecular formula is C13H22ClN7O. The van der Waals surface area contributed by atoms with Crippen molar-refractivity contribution in [3.63, 3.8) is 0 Å². The zero-order valence-corrected chi connectivity index (χ0v) is 14.1. The standard InChI is InChI=1S/C13H22ClN7O/c1-8(2)20-11-9(6-18-12(14)19-11)21(17-5)10(7-22)13(20,15-3)16-4/h6-8,10,15-17H,1-5H3. The van der Waals surface area contributed by atoms with Crippen LogP contribution in [0.15, 0.2) is 6.20 Å². The van der Waals surface area contributed by atoms with E-state index in [1.54, 1.807) is 32.3 Å². The number of carbonyl (C=O) groups is 1. The molecule has 0 aromatic carbocycles. The fourth-order valence-electron chi connectivity index (χ4n) is 3.07. The Morgan fingerprint density at radius 3 is 2.45 bits per heavy atom. The van der Waals surface area contributed by atoms with E-state index in [-0.39, 0.29) is 11.3 Å². The molecule has 9 heteroatoms. The molecular weight excluding hydrogens is 306 g/mol. The van der Waals surface area contributed by atoms with Crippen LogP contribution in [0.1, 0.15) is 13.8 Å². The lowest BCUT2D eigenvalue weighted by atomic mass is 10.0. The maximum atomic E-state index is 11.9. The van der Waals surface area contributed by atoms with Gasteiger partial charge < -0.3 is 9.69 Å². The van der Waals surface area contributed by atoms with Crippen molar-refractivity contribution >= 4 is 29.4 Å². The SMILES string of the molecule is CNN1c2cnc(Cl)nc2N(C(C)C)C(NC)(NC)C1C=O. The molecule has 0 bridgehead atoms. The summed E-state index contributed by atoms with van der Waals surface area (Å²) in [5, 5.41) is 8.33. The average molecular weight is 328 g/mol. The van der Waals surface area contributed by atoms with Crippen LogP contribution < -0.4 is 26.0 Å². The second-order valence-electron chi connectivity index (χ2n) is 5.25. The number of aromatic nitrogens is 2. The predicted molar refractivity (Wildman–Crippen MR) is 86.9 cm³/mol. The summed E-state index contributed by atoms with van der Waals surface area (Å²) < 4.78 is 0. The summed E-state index contributed by atoms with van der Waals surface area (Å²) in [7, 11) is 5.34. The minimum absolute atomic E-state index is 0.0612. The predicted octanol–water partition coefficient (Wildman–Crippen LogP) is -0.0407. The fraction of sp³-hybridized carbons (Fsp3) is 0.615. The molecule has 1 aliphatic heterocycles.